The van der Waals surface area contributed by atoms with Crippen molar-refractivity contribution in [1.82, 2.24) is 18.3 Å². The summed E-state index contributed by atoms with van der Waals surface area (Å²) in [6, 6.07) is 72.8. The van der Waals surface area contributed by atoms with Crippen LogP contribution in [0.25, 0.3) is 137 Å². The summed E-state index contributed by atoms with van der Waals surface area (Å²) < 4.78 is 16.2. The van der Waals surface area contributed by atoms with Crippen LogP contribution >= 0.6 is 0 Å². The van der Waals surface area contributed by atoms with E-state index in [0.717, 1.165) is 121 Å². The molecule has 0 atom stereocenters. The maximum absolute atomic E-state index is 12.3. The second-order valence-corrected chi connectivity index (χ2v) is 18.2. The van der Waals surface area contributed by atoms with Crippen LogP contribution in [0.3, 0.4) is 0 Å². The first-order chi connectivity index (χ1) is 34.6. The quantitative estimate of drug-likeness (QED) is 0.165. The highest BCUT2D eigenvalue weighted by atomic mass is 16.3. The van der Waals surface area contributed by atoms with Crippen molar-refractivity contribution in [1.29, 1.82) is 5.26 Å². The number of rotatable bonds is 4. The molecular weight excluding hydrogens is 857 g/mol. The van der Waals surface area contributed by atoms with Crippen LogP contribution in [0.5, 0.6) is 0 Å². The Labute approximate surface area is 399 Å². The molecule has 0 N–H and O–H groups in total. The molecule has 324 valence electrons. The Hall–Kier alpha value is -9.82. The summed E-state index contributed by atoms with van der Waals surface area (Å²) in [4.78, 5) is 4.58. The molecule has 0 spiro atoms. The van der Waals surface area contributed by atoms with Crippen LogP contribution in [-0.2, 0) is 0 Å². The molecule has 0 saturated carbocycles. The summed E-state index contributed by atoms with van der Waals surface area (Å²) in [5.41, 5.74) is 13.2. The molecule has 70 heavy (non-hydrogen) atoms. The maximum atomic E-state index is 12.3. The van der Waals surface area contributed by atoms with E-state index in [1.54, 1.807) is 0 Å². The van der Waals surface area contributed by atoms with Crippen LogP contribution in [0.1, 0.15) is 11.1 Å². The highest BCUT2D eigenvalue weighted by Crippen LogP contribution is 2.52. The van der Waals surface area contributed by atoms with Crippen molar-refractivity contribution < 1.29 is 4.42 Å². The fourth-order valence-electron chi connectivity index (χ4n) is 11.9. The molecule has 0 saturated heterocycles. The number of nitrogens with zero attached hydrogens (tertiary/aromatic N) is 6. The van der Waals surface area contributed by atoms with Crippen molar-refractivity contribution >= 4 is 115 Å². The van der Waals surface area contributed by atoms with Crippen LogP contribution in [0.4, 0.5) is 5.69 Å². The number of hydrogen-bond donors (Lipinski definition) is 0. The first-order valence-corrected chi connectivity index (χ1v) is 23.5. The van der Waals surface area contributed by atoms with E-state index in [1.165, 1.54) is 0 Å². The van der Waals surface area contributed by atoms with Gasteiger partial charge in [-0.3, -0.25) is 0 Å². The number of benzene rings is 10. The third kappa shape index (κ3) is 4.89. The number of fused-ring (bicyclic) bond motifs is 16. The van der Waals surface area contributed by atoms with Gasteiger partial charge in [0.2, 0.25) is 5.69 Å². The summed E-state index contributed by atoms with van der Waals surface area (Å²) in [7, 11) is 0. The van der Waals surface area contributed by atoms with Gasteiger partial charge in [0.05, 0.1) is 85.1 Å². The predicted octanol–water partition coefficient (Wildman–Crippen LogP) is 16.7. The van der Waals surface area contributed by atoms with Gasteiger partial charge in [-0.25, -0.2) is 4.85 Å². The van der Waals surface area contributed by atoms with Crippen molar-refractivity contribution in [3.8, 4) is 28.8 Å². The third-order valence-corrected chi connectivity index (χ3v) is 14.7. The lowest BCUT2D eigenvalue weighted by Crippen LogP contribution is -2.15. The van der Waals surface area contributed by atoms with Crippen LogP contribution in [0.2, 0.25) is 0 Å². The summed E-state index contributed by atoms with van der Waals surface area (Å²) in [5.74, 6) is 0. The van der Waals surface area contributed by atoms with Gasteiger partial charge in [0.1, 0.15) is 5.58 Å². The van der Waals surface area contributed by atoms with Gasteiger partial charge < -0.3 is 22.7 Å². The highest BCUT2D eigenvalue weighted by Gasteiger charge is 2.35. The molecule has 15 aromatic rings. The molecular formula is C63H36N6O. The first-order valence-electron chi connectivity index (χ1n) is 23.5. The lowest BCUT2D eigenvalue weighted by atomic mass is 10.0. The van der Waals surface area contributed by atoms with Crippen molar-refractivity contribution in [2.45, 2.75) is 6.92 Å². The van der Waals surface area contributed by atoms with E-state index in [2.05, 4.69) is 218 Å². The molecule has 0 radical (unpaired) electrons. The van der Waals surface area contributed by atoms with Crippen LogP contribution < -0.4 is 0 Å². The van der Waals surface area contributed by atoms with Gasteiger partial charge in [-0.2, -0.15) is 5.26 Å². The van der Waals surface area contributed by atoms with Gasteiger partial charge in [-0.15, -0.1) is 0 Å². The zero-order valence-corrected chi connectivity index (χ0v) is 37.6. The summed E-state index contributed by atoms with van der Waals surface area (Å²) in [5, 5.41) is 22.6. The monoisotopic (exact) mass is 892 g/mol. The van der Waals surface area contributed by atoms with E-state index >= 15 is 0 Å². The Kier molecular flexibility index (Phi) is 7.72. The molecule has 7 heteroatoms. The van der Waals surface area contributed by atoms with Crippen molar-refractivity contribution in [3.05, 3.63) is 223 Å². The normalized spacial score (nSPS) is 12.0. The zero-order chi connectivity index (χ0) is 46.4. The number of nitriles is 1. The molecule has 7 nitrogen and oxygen atoms in total. The molecule has 0 aliphatic rings. The predicted molar refractivity (Wildman–Crippen MR) is 287 cm³/mol. The fraction of sp³-hybridized carbons (Fsp3) is 0.0159. The summed E-state index contributed by atoms with van der Waals surface area (Å²) in [6.07, 6.45) is 0. The van der Waals surface area contributed by atoms with Crippen molar-refractivity contribution in [3.63, 3.8) is 0 Å². The number of aryl methyl sites for hydroxylation is 1. The number of para-hydroxylation sites is 7. The van der Waals surface area contributed by atoms with Gasteiger partial charge in [0.15, 0.2) is 5.58 Å². The molecule has 5 aromatic heterocycles. The van der Waals surface area contributed by atoms with E-state index in [1.807, 2.05) is 18.2 Å². The fourth-order valence-corrected chi connectivity index (χ4v) is 11.9. The lowest BCUT2D eigenvalue weighted by molar-refractivity contribution is 0.671. The van der Waals surface area contributed by atoms with E-state index < -0.39 is 0 Å². The Morgan fingerprint density at radius 2 is 0.800 bits per heavy atom. The van der Waals surface area contributed by atoms with Gasteiger partial charge in [0.25, 0.3) is 0 Å². The van der Waals surface area contributed by atoms with E-state index in [-0.39, 0.29) is 11.3 Å². The smallest absolute Gasteiger partial charge is 0.232 e. The van der Waals surface area contributed by atoms with Crippen molar-refractivity contribution in [2.75, 3.05) is 0 Å². The minimum Gasteiger partial charge on any atom is -0.454 e. The first kappa shape index (κ1) is 38.3. The topological polar surface area (TPSA) is 61.0 Å². The van der Waals surface area contributed by atoms with Crippen LogP contribution in [0.15, 0.2) is 205 Å². The Bertz CT molecular complexity index is 4720. The standard InChI is InChI=1S/C63H36N6O/c1-37-31-34-55-47(35-37)45-32-33-46-44-23-9-16-30-56(44)70-63(46)59(45)69(55)58-48(36-64)57(65-2)60(66-49-24-10-3-17-38(49)39-18-4-11-25-50(39)66)62(68-53-28-14-7-21-42(53)43-22-8-15-29-54(43)68)61(58)67-51-26-12-5-19-40(51)41-20-6-13-27-52(41)67/h3-35H,1H3. The number of hydrogen-bond acceptors (Lipinski definition) is 2. The van der Waals surface area contributed by atoms with Gasteiger partial charge in [-0.1, -0.05) is 145 Å². The van der Waals surface area contributed by atoms with Crippen molar-refractivity contribution in [2.24, 2.45) is 0 Å². The molecule has 0 aliphatic heterocycles. The molecule has 0 fully saturated rings. The van der Waals surface area contributed by atoms with E-state index in [0.29, 0.717) is 17.0 Å². The summed E-state index contributed by atoms with van der Waals surface area (Å²) in [6.45, 7) is 11.6. The SMILES string of the molecule is [C-]#[N+]c1c(C#N)c(-n2c3ccc(C)cc3c3ccc4c5ccccc5oc4c32)c(-n2c3ccccc3c3ccccc32)c(-n2c3ccccc3c3ccccc32)c1-n1c2ccccc2c2ccccc21. The highest BCUT2D eigenvalue weighted by molar-refractivity contribution is 6.23. The molecule has 0 bridgehead atoms. The van der Waals surface area contributed by atoms with Gasteiger partial charge >= 0.3 is 0 Å². The molecule has 0 aliphatic carbocycles. The summed E-state index contributed by atoms with van der Waals surface area (Å²) >= 11 is 0. The largest absolute Gasteiger partial charge is 0.454 e. The molecule has 0 unspecified atom stereocenters. The van der Waals surface area contributed by atoms with Crippen LogP contribution in [-0.4, -0.2) is 18.3 Å². The van der Waals surface area contributed by atoms with Gasteiger partial charge in [-0.05, 0) is 67.6 Å². The Morgan fingerprint density at radius 1 is 0.400 bits per heavy atom. The number of furan rings is 1. The average Bonchev–Trinajstić information content (AvgIpc) is 4.21. The van der Waals surface area contributed by atoms with Crippen LogP contribution in [0, 0.1) is 24.8 Å². The zero-order valence-electron chi connectivity index (χ0n) is 37.6. The van der Waals surface area contributed by atoms with E-state index in [9.17, 15) is 11.8 Å². The van der Waals surface area contributed by atoms with Gasteiger partial charge in [0, 0.05) is 53.9 Å². The maximum Gasteiger partial charge on any atom is 0.232 e. The molecule has 0 amide bonds. The minimum atomic E-state index is 0.240. The Morgan fingerprint density at radius 3 is 1.27 bits per heavy atom. The molecule has 5 heterocycles. The van der Waals surface area contributed by atoms with E-state index in [4.69, 9.17) is 4.42 Å². The molecule has 15 rings (SSSR count). The second-order valence-electron chi connectivity index (χ2n) is 18.2. The average molecular weight is 893 g/mol. The second kappa shape index (κ2) is 14.1. The third-order valence-electron chi connectivity index (χ3n) is 14.7. The number of aromatic nitrogens is 4. The lowest BCUT2D eigenvalue weighted by Gasteiger charge is -2.28. The molecule has 10 aromatic carbocycles. The Balaban J connectivity index is 1.31. The minimum absolute atomic E-state index is 0.240.